The lowest BCUT2D eigenvalue weighted by atomic mass is 10.1. The number of benzene rings is 1. The minimum Gasteiger partial charge on any atom is -0.465 e. The number of carbonyl (C=O) groups excluding carboxylic acids is 2. The summed E-state index contributed by atoms with van der Waals surface area (Å²) in [5, 5.41) is 7.07. The van der Waals surface area contributed by atoms with Crippen LogP contribution in [0.25, 0.3) is 11.3 Å². The Morgan fingerprint density at radius 2 is 1.96 bits per heavy atom. The normalized spacial score (nSPS) is 10.3. The number of thiophene rings is 1. The van der Waals surface area contributed by atoms with Gasteiger partial charge >= 0.3 is 5.97 Å². The van der Waals surface area contributed by atoms with Crippen LogP contribution in [0.1, 0.15) is 20.2 Å². The molecular formula is C16H12N2O4S. The van der Waals surface area contributed by atoms with Crippen molar-refractivity contribution in [2.75, 3.05) is 12.4 Å². The summed E-state index contributed by atoms with van der Waals surface area (Å²) in [4.78, 5) is 24.0. The van der Waals surface area contributed by atoms with Gasteiger partial charge in [-0.15, -0.1) is 11.3 Å². The first-order valence-corrected chi connectivity index (χ1v) is 7.50. The summed E-state index contributed by atoms with van der Waals surface area (Å²) < 4.78 is 9.70. The Morgan fingerprint density at radius 3 is 2.70 bits per heavy atom. The summed E-state index contributed by atoms with van der Waals surface area (Å²) in [5.41, 5.74) is 1.44. The monoisotopic (exact) mass is 328 g/mol. The maximum Gasteiger partial charge on any atom is 0.348 e. The zero-order valence-electron chi connectivity index (χ0n) is 12.1. The van der Waals surface area contributed by atoms with Crippen LogP contribution in [0.4, 0.5) is 5.00 Å². The second kappa shape index (κ2) is 6.45. The van der Waals surface area contributed by atoms with E-state index in [0.717, 1.165) is 16.9 Å². The predicted octanol–water partition coefficient (Wildman–Crippen LogP) is 3.44. The van der Waals surface area contributed by atoms with Crippen molar-refractivity contribution in [2.45, 2.75) is 0 Å². The molecule has 0 fully saturated rings. The van der Waals surface area contributed by atoms with Crippen LogP contribution in [0.2, 0.25) is 0 Å². The Balaban J connectivity index is 1.73. The van der Waals surface area contributed by atoms with E-state index in [2.05, 4.69) is 15.2 Å². The van der Waals surface area contributed by atoms with Crippen molar-refractivity contribution in [3.63, 3.8) is 0 Å². The average Bonchev–Trinajstić information content (AvgIpc) is 3.24. The number of ether oxygens (including phenoxy) is 1. The number of nitrogens with zero attached hydrogens (tertiary/aromatic N) is 1. The van der Waals surface area contributed by atoms with Crippen molar-refractivity contribution in [1.82, 2.24) is 5.16 Å². The molecule has 6 nitrogen and oxygen atoms in total. The number of aromatic nitrogens is 1. The smallest absolute Gasteiger partial charge is 0.348 e. The van der Waals surface area contributed by atoms with Gasteiger partial charge in [0.1, 0.15) is 10.6 Å². The molecule has 0 bridgehead atoms. The van der Waals surface area contributed by atoms with E-state index in [1.807, 2.05) is 30.3 Å². The van der Waals surface area contributed by atoms with E-state index in [1.54, 1.807) is 18.2 Å². The van der Waals surface area contributed by atoms with Crippen molar-refractivity contribution in [3.8, 4) is 11.3 Å². The van der Waals surface area contributed by atoms with E-state index >= 15 is 0 Å². The zero-order valence-corrected chi connectivity index (χ0v) is 12.9. The molecular weight excluding hydrogens is 316 g/mol. The van der Waals surface area contributed by atoms with Gasteiger partial charge in [-0.25, -0.2) is 4.79 Å². The second-order valence-corrected chi connectivity index (χ2v) is 5.64. The molecule has 0 aliphatic carbocycles. The lowest BCUT2D eigenvalue weighted by Gasteiger charge is -1.97. The van der Waals surface area contributed by atoms with Crippen LogP contribution in [0.5, 0.6) is 0 Å². The number of carbonyl (C=O) groups is 2. The third kappa shape index (κ3) is 3.29. The van der Waals surface area contributed by atoms with Gasteiger partial charge in [-0.1, -0.05) is 35.5 Å². The molecule has 116 valence electrons. The molecule has 0 aliphatic heterocycles. The summed E-state index contributed by atoms with van der Waals surface area (Å²) in [6.07, 6.45) is 0. The maximum absolute atomic E-state index is 12.2. The van der Waals surface area contributed by atoms with E-state index in [1.165, 1.54) is 7.11 Å². The van der Waals surface area contributed by atoms with Gasteiger partial charge in [-0.3, -0.25) is 4.79 Å². The molecule has 0 unspecified atom stereocenters. The highest BCUT2D eigenvalue weighted by atomic mass is 32.1. The van der Waals surface area contributed by atoms with E-state index in [0.29, 0.717) is 15.6 Å². The molecule has 1 N–H and O–H groups in total. The molecule has 0 saturated carbocycles. The Kier molecular flexibility index (Phi) is 4.20. The highest BCUT2D eigenvalue weighted by Crippen LogP contribution is 2.24. The minimum absolute atomic E-state index is 0.0943. The van der Waals surface area contributed by atoms with E-state index in [4.69, 9.17) is 4.52 Å². The Labute approximate surface area is 135 Å². The lowest BCUT2D eigenvalue weighted by Crippen LogP contribution is -2.09. The predicted molar refractivity (Wildman–Crippen MR) is 85.6 cm³/mol. The number of esters is 1. The third-order valence-corrected chi connectivity index (χ3v) is 4.01. The van der Waals surface area contributed by atoms with Crippen molar-refractivity contribution in [1.29, 1.82) is 0 Å². The molecule has 0 atom stereocenters. The average molecular weight is 328 g/mol. The van der Waals surface area contributed by atoms with Gasteiger partial charge in [0.15, 0.2) is 0 Å². The largest absolute Gasteiger partial charge is 0.465 e. The Bertz CT molecular complexity index is 839. The number of hydrogen-bond acceptors (Lipinski definition) is 6. The molecule has 0 saturated heterocycles. The summed E-state index contributed by atoms with van der Waals surface area (Å²) in [6.45, 7) is 0. The quantitative estimate of drug-likeness (QED) is 0.742. The first-order chi connectivity index (χ1) is 11.2. The minimum atomic E-state index is -0.443. The number of nitrogens with one attached hydrogen (secondary N) is 1. The van der Waals surface area contributed by atoms with Gasteiger partial charge in [0, 0.05) is 11.6 Å². The van der Waals surface area contributed by atoms with Crippen LogP contribution in [0.3, 0.4) is 0 Å². The van der Waals surface area contributed by atoms with Crippen LogP contribution in [-0.2, 0) is 4.74 Å². The first kappa shape index (κ1) is 15.0. The first-order valence-electron chi connectivity index (χ1n) is 6.69. The van der Waals surface area contributed by atoms with Gasteiger partial charge in [0.05, 0.1) is 12.1 Å². The van der Waals surface area contributed by atoms with Crippen LogP contribution >= 0.6 is 11.3 Å². The maximum atomic E-state index is 12.2. The van der Waals surface area contributed by atoms with Gasteiger partial charge in [-0.05, 0) is 12.1 Å². The Morgan fingerprint density at radius 1 is 1.17 bits per heavy atom. The highest BCUT2D eigenvalue weighted by molar-refractivity contribution is 7.18. The second-order valence-electron chi connectivity index (χ2n) is 4.55. The van der Waals surface area contributed by atoms with E-state index in [9.17, 15) is 9.59 Å². The molecule has 3 aromatic rings. The molecule has 0 aliphatic rings. The number of hydrogen-bond donors (Lipinski definition) is 1. The molecule has 0 radical (unpaired) electrons. The van der Waals surface area contributed by atoms with Crippen molar-refractivity contribution < 1.29 is 18.8 Å². The van der Waals surface area contributed by atoms with E-state index in [-0.39, 0.29) is 5.76 Å². The van der Waals surface area contributed by atoms with Gasteiger partial charge < -0.3 is 14.6 Å². The lowest BCUT2D eigenvalue weighted by molar-refractivity contribution is 0.0606. The fraction of sp³-hybridized carbons (Fsp3) is 0.0625. The molecule has 23 heavy (non-hydrogen) atoms. The highest BCUT2D eigenvalue weighted by Gasteiger charge is 2.16. The molecule has 1 amide bonds. The summed E-state index contributed by atoms with van der Waals surface area (Å²) in [5.74, 6) is -0.781. The topological polar surface area (TPSA) is 81.4 Å². The molecule has 1 aromatic carbocycles. The molecule has 7 heteroatoms. The summed E-state index contributed by atoms with van der Waals surface area (Å²) >= 11 is 1.12. The van der Waals surface area contributed by atoms with Crippen molar-refractivity contribution >= 4 is 28.2 Å². The zero-order chi connectivity index (χ0) is 16.2. The summed E-state index contributed by atoms with van der Waals surface area (Å²) in [7, 11) is 1.31. The van der Waals surface area contributed by atoms with Gasteiger partial charge in [0.2, 0.25) is 5.76 Å². The SMILES string of the molecule is COC(=O)c1ccc(NC(=O)c2cc(-c3ccccc3)no2)s1. The van der Waals surface area contributed by atoms with Gasteiger partial charge in [-0.2, -0.15) is 0 Å². The molecule has 3 rings (SSSR count). The number of amides is 1. The number of rotatable bonds is 4. The molecule has 2 aromatic heterocycles. The standard InChI is InChI=1S/C16H12N2O4S/c1-21-16(20)13-7-8-14(23-13)17-15(19)12-9-11(18-22-12)10-5-3-2-4-6-10/h2-9H,1H3,(H,17,19). The fourth-order valence-electron chi connectivity index (χ4n) is 1.92. The number of anilines is 1. The van der Waals surface area contributed by atoms with Crippen LogP contribution in [-0.4, -0.2) is 24.1 Å². The number of methoxy groups -OCH3 is 1. The fourth-order valence-corrected chi connectivity index (χ4v) is 2.74. The van der Waals surface area contributed by atoms with Crippen LogP contribution in [0, 0.1) is 0 Å². The summed E-state index contributed by atoms with van der Waals surface area (Å²) in [6, 6.07) is 14.2. The van der Waals surface area contributed by atoms with Gasteiger partial charge in [0.25, 0.3) is 5.91 Å². The molecule has 2 heterocycles. The third-order valence-electron chi connectivity index (χ3n) is 3.03. The Hall–Kier alpha value is -2.93. The van der Waals surface area contributed by atoms with Crippen molar-refractivity contribution in [2.24, 2.45) is 0 Å². The van der Waals surface area contributed by atoms with Crippen LogP contribution in [0.15, 0.2) is 53.1 Å². The van der Waals surface area contributed by atoms with Crippen molar-refractivity contribution in [3.05, 3.63) is 59.2 Å². The van der Waals surface area contributed by atoms with Crippen LogP contribution < -0.4 is 5.32 Å². The van der Waals surface area contributed by atoms with E-state index < -0.39 is 11.9 Å². The molecule has 0 spiro atoms.